The second-order valence-electron chi connectivity index (χ2n) is 3.28. The highest BCUT2D eigenvalue weighted by molar-refractivity contribution is 9.10. The van der Waals surface area contributed by atoms with E-state index in [2.05, 4.69) is 26.1 Å². The summed E-state index contributed by atoms with van der Waals surface area (Å²) in [6.07, 6.45) is 8.25. The third kappa shape index (κ3) is 1.68. The lowest BCUT2D eigenvalue weighted by Gasteiger charge is -2.20. The molecule has 0 aliphatic heterocycles. The molecule has 4 heteroatoms. The minimum absolute atomic E-state index is 0.546. The van der Waals surface area contributed by atoms with Crippen LogP contribution >= 0.6 is 15.9 Å². The second kappa shape index (κ2) is 3.56. The summed E-state index contributed by atoms with van der Waals surface area (Å²) < 4.78 is 0.841. The van der Waals surface area contributed by atoms with Crippen molar-refractivity contribution in [2.45, 2.75) is 38.1 Å². The molecule has 3 nitrogen and oxygen atoms in total. The fourth-order valence-corrected chi connectivity index (χ4v) is 2.00. The summed E-state index contributed by atoms with van der Waals surface area (Å²) >= 11 is 3.30. The quantitative estimate of drug-likeness (QED) is 0.742. The van der Waals surface area contributed by atoms with Gasteiger partial charge >= 0.3 is 0 Å². The molecule has 0 saturated heterocycles. The molecular formula is C8H12BrN3. The lowest BCUT2D eigenvalue weighted by Crippen LogP contribution is -2.15. The molecule has 12 heavy (non-hydrogen) atoms. The lowest BCUT2D eigenvalue weighted by molar-refractivity contribution is 0.301. The fraction of sp³-hybridized carbons (Fsp3) is 0.750. The molecule has 0 radical (unpaired) electrons. The van der Waals surface area contributed by atoms with Crippen LogP contribution < -0.4 is 0 Å². The average molecular weight is 230 g/mol. The first-order chi connectivity index (χ1) is 5.86. The molecule has 0 aromatic carbocycles. The number of hydrogen-bond donors (Lipinski definition) is 0. The Morgan fingerprint density at radius 3 is 2.67 bits per heavy atom. The maximum atomic E-state index is 4.26. The van der Waals surface area contributed by atoms with Gasteiger partial charge in [0.25, 0.3) is 0 Å². The van der Waals surface area contributed by atoms with E-state index in [0.717, 1.165) is 4.60 Å². The molecule has 0 unspecified atom stereocenters. The number of nitrogens with zero attached hydrogens (tertiary/aromatic N) is 3. The predicted molar refractivity (Wildman–Crippen MR) is 49.8 cm³/mol. The molecule has 1 saturated carbocycles. The Kier molecular flexibility index (Phi) is 2.44. The van der Waals surface area contributed by atoms with Gasteiger partial charge < -0.3 is 0 Å². The molecule has 1 aliphatic carbocycles. The first-order valence-electron chi connectivity index (χ1n) is 4.43. The highest BCUT2D eigenvalue weighted by atomic mass is 79.9. The molecule has 1 aliphatic rings. The zero-order chi connectivity index (χ0) is 8.39. The van der Waals surface area contributed by atoms with E-state index in [9.17, 15) is 0 Å². The standard InChI is InChI=1S/C8H12BrN3/c9-8-6-10-12(11-8)7-4-2-1-3-5-7/h6-7H,1-5H2. The minimum Gasteiger partial charge on any atom is -0.181 e. The van der Waals surface area contributed by atoms with Crippen molar-refractivity contribution in [3.63, 3.8) is 0 Å². The van der Waals surface area contributed by atoms with E-state index in [1.54, 1.807) is 6.20 Å². The third-order valence-electron chi connectivity index (χ3n) is 2.38. The van der Waals surface area contributed by atoms with E-state index in [1.807, 2.05) is 4.80 Å². The molecule has 0 N–H and O–H groups in total. The summed E-state index contributed by atoms with van der Waals surface area (Å²) in [6.45, 7) is 0. The number of rotatable bonds is 1. The van der Waals surface area contributed by atoms with E-state index >= 15 is 0 Å². The Hall–Kier alpha value is -0.380. The van der Waals surface area contributed by atoms with E-state index in [4.69, 9.17) is 0 Å². The molecule has 0 spiro atoms. The monoisotopic (exact) mass is 229 g/mol. The Balaban J connectivity index is 2.08. The van der Waals surface area contributed by atoms with E-state index in [0.29, 0.717) is 6.04 Å². The van der Waals surface area contributed by atoms with Crippen molar-refractivity contribution in [3.8, 4) is 0 Å². The zero-order valence-corrected chi connectivity index (χ0v) is 8.50. The van der Waals surface area contributed by atoms with Crippen LogP contribution in [-0.4, -0.2) is 15.0 Å². The van der Waals surface area contributed by atoms with Gasteiger partial charge in [0.15, 0.2) is 0 Å². The Morgan fingerprint density at radius 2 is 2.08 bits per heavy atom. The van der Waals surface area contributed by atoms with Gasteiger partial charge in [-0.05, 0) is 28.8 Å². The third-order valence-corrected chi connectivity index (χ3v) is 2.75. The summed E-state index contributed by atoms with van der Waals surface area (Å²) in [5.74, 6) is 0. The van der Waals surface area contributed by atoms with Gasteiger partial charge in [-0.1, -0.05) is 19.3 Å². The van der Waals surface area contributed by atoms with Crippen LogP contribution in [0.2, 0.25) is 0 Å². The van der Waals surface area contributed by atoms with Crippen LogP contribution in [0.1, 0.15) is 38.1 Å². The Labute approximate surface area is 80.3 Å². The molecule has 1 heterocycles. The highest BCUT2D eigenvalue weighted by Crippen LogP contribution is 2.26. The summed E-state index contributed by atoms with van der Waals surface area (Å²) in [5, 5.41) is 8.45. The fourth-order valence-electron chi connectivity index (χ4n) is 1.74. The van der Waals surface area contributed by atoms with Gasteiger partial charge in [0.2, 0.25) is 0 Å². The maximum Gasteiger partial charge on any atom is 0.148 e. The van der Waals surface area contributed by atoms with Crippen molar-refractivity contribution in [2.75, 3.05) is 0 Å². The molecule has 1 fully saturated rings. The smallest absolute Gasteiger partial charge is 0.148 e. The Morgan fingerprint density at radius 1 is 1.33 bits per heavy atom. The first kappa shape index (κ1) is 8.23. The Bertz CT molecular complexity index is 253. The highest BCUT2D eigenvalue weighted by Gasteiger charge is 2.16. The zero-order valence-electron chi connectivity index (χ0n) is 6.91. The van der Waals surface area contributed by atoms with Crippen molar-refractivity contribution in [2.24, 2.45) is 0 Å². The molecule has 0 bridgehead atoms. The van der Waals surface area contributed by atoms with Crippen molar-refractivity contribution in [3.05, 3.63) is 10.8 Å². The topological polar surface area (TPSA) is 30.7 Å². The van der Waals surface area contributed by atoms with Gasteiger partial charge in [0.1, 0.15) is 4.60 Å². The normalized spacial score (nSPS) is 19.8. The maximum absolute atomic E-state index is 4.26. The van der Waals surface area contributed by atoms with Crippen molar-refractivity contribution >= 4 is 15.9 Å². The molecule has 1 aromatic heterocycles. The van der Waals surface area contributed by atoms with Crippen molar-refractivity contribution in [1.29, 1.82) is 0 Å². The van der Waals surface area contributed by atoms with Crippen LogP contribution in [0.4, 0.5) is 0 Å². The number of hydrogen-bond acceptors (Lipinski definition) is 2. The summed E-state index contributed by atoms with van der Waals surface area (Å²) in [5.41, 5.74) is 0. The molecular weight excluding hydrogens is 218 g/mol. The van der Waals surface area contributed by atoms with Gasteiger partial charge in [-0.25, -0.2) is 0 Å². The predicted octanol–water partition coefficient (Wildman–Crippen LogP) is 2.55. The molecule has 0 amide bonds. The van der Waals surface area contributed by atoms with Gasteiger partial charge in [-0.15, -0.1) is 5.10 Å². The van der Waals surface area contributed by atoms with Crippen LogP contribution in [0.25, 0.3) is 0 Å². The van der Waals surface area contributed by atoms with Crippen LogP contribution in [0.3, 0.4) is 0 Å². The van der Waals surface area contributed by atoms with E-state index in [-0.39, 0.29) is 0 Å². The number of aromatic nitrogens is 3. The van der Waals surface area contributed by atoms with Crippen LogP contribution in [0.5, 0.6) is 0 Å². The molecule has 0 atom stereocenters. The lowest BCUT2D eigenvalue weighted by atomic mass is 9.96. The summed E-state index contributed by atoms with van der Waals surface area (Å²) in [4.78, 5) is 1.85. The van der Waals surface area contributed by atoms with Crippen LogP contribution in [0, 0.1) is 0 Å². The van der Waals surface area contributed by atoms with Gasteiger partial charge in [-0.2, -0.15) is 9.90 Å². The van der Waals surface area contributed by atoms with Gasteiger partial charge in [0.05, 0.1) is 12.2 Å². The van der Waals surface area contributed by atoms with Crippen molar-refractivity contribution in [1.82, 2.24) is 15.0 Å². The molecule has 1 aromatic rings. The average Bonchev–Trinajstić information content (AvgIpc) is 2.54. The van der Waals surface area contributed by atoms with Gasteiger partial charge in [0, 0.05) is 0 Å². The van der Waals surface area contributed by atoms with Crippen LogP contribution in [-0.2, 0) is 0 Å². The SMILES string of the molecule is Brc1cnn(C2CCCCC2)n1. The summed E-state index contributed by atoms with van der Waals surface area (Å²) in [7, 11) is 0. The van der Waals surface area contributed by atoms with Crippen LogP contribution in [0.15, 0.2) is 10.8 Å². The number of halogens is 1. The molecule has 66 valence electrons. The summed E-state index contributed by atoms with van der Waals surface area (Å²) in [6, 6.07) is 0.546. The largest absolute Gasteiger partial charge is 0.181 e. The van der Waals surface area contributed by atoms with Crippen molar-refractivity contribution < 1.29 is 0 Å². The minimum atomic E-state index is 0.546. The first-order valence-corrected chi connectivity index (χ1v) is 5.23. The van der Waals surface area contributed by atoms with Gasteiger partial charge in [-0.3, -0.25) is 0 Å². The second-order valence-corrected chi connectivity index (χ2v) is 4.09. The van der Waals surface area contributed by atoms with E-state index in [1.165, 1.54) is 32.1 Å². The molecule has 2 rings (SSSR count). The van der Waals surface area contributed by atoms with E-state index < -0.39 is 0 Å².